The summed E-state index contributed by atoms with van der Waals surface area (Å²) in [5.74, 6) is -1.01. The number of amides is 2. The van der Waals surface area contributed by atoms with Crippen molar-refractivity contribution in [3.63, 3.8) is 0 Å². The minimum absolute atomic E-state index is 0.0150. The first-order chi connectivity index (χ1) is 18.0. The SMILES string of the molecule is CC[C@@H](C(=O)NC)N(Cc1c(Cl)cccc1Cl)C(=O)CN(c1ccc(Cl)cc1C)S(=O)(=O)c1ccccc1. The van der Waals surface area contributed by atoms with E-state index >= 15 is 0 Å². The Morgan fingerprint density at radius 1 is 0.947 bits per heavy atom. The molecule has 3 aromatic carbocycles. The maximum Gasteiger partial charge on any atom is 0.264 e. The van der Waals surface area contributed by atoms with Gasteiger partial charge in [0.15, 0.2) is 0 Å². The van der Waals surface area contributed by atoms with Crippen LogP contribution in [0.3, 0.4) is 0 Å². The Kier molecular flexibility index (Phi) is 10.1. The van der Waals surface area contributed by atoms with Gasteiger partial charge >= 0.3 is 0 Å². The Labute approximate surface area is 238 Å². The van der Waals surface area contributed by atoms with Crippen LogP contribution in [0.15, 0.2) is 71.6 Å². The van der Waals surface area contributed by atoms with Crippen molar-refractivity contribution in [2.24, 2.45) is 0 Å². The number of rotatable bonds is 10. The fourth-order valence-electron chi connectivity index (χ4n) is 4.07. The maximum atomic E-state index is 14.0. The standard InChI is InChI=1S/C27H28Cl3N3O4S/c1-4-24(27(35)31-3)32(16-21-22(29)11-8-12-23(21)30)26(34)17-33(25-14-13-19(28)15-18(25)2)38(36,37)20-9-6-5-7-10-20/h5-15,24H,4,16-17H2,1-3H3,(H,31,35)/t24-/m0/s1. The summed E-state index contributed by atoms with van der Waals surface area (Å²) < 4.78 is 28.7. The third kappa shape index (κ3) is 6.61. The minimum atomic E-state index is -4.18. The first-order valence-corrected chi connectivity index (χ1v) is 14.4. The van der Waals surface area contributed by atoms with Gasteiger partial charge in [0, 0.05) is 34.2 Å². The fourth-order valence-corrected chi connectivity index (χ4v) is 6.31. The van der Waals surface area contributed by atoms with Crippen molar-refractivity contribution < 1.29 is 18.0 Å². The molecule has 0 unspecified atom stereocenters. The third-order valence-electron chi connectivity index (χ3n) is 6.06. The molecule has 0 saturated carbocycles. The highest BCUT2D eigenvalue weighted by molar-refractivity contribution is 7.92. The van der Waals surface area contributed by atoms with Crippen LogP contribution in [0.2, 0.25) is 15.1 Å². The third-order valence-corrected chi connectivity index (χ3v) is 8.78. The van der Waals surface area contributed by atoms with Crippen molar-refractivity contribution in [1.82, 2.24) is 10.2 Å². The van der Waals surface area contributed by atoms with E-state index in [-0.39, 0.29) is 23.5 Å². The topological polar surface area (TPSA) is 86.8 Å². The molecule has 202 valence electrons. The lowest BCUT2D eigenvalue weighted by Crippen LogP contribution is -2.52. The van der Waals surface area contributed by atoms with Crippen LogP contribution in [-0.2, 0) is 26.2 Å². The smallest absolute Gasteiger partial charge is 0.264 e. The molecular formula is C27H28Cl3N3O4S. The zero-order valence-corrected chi connectivity index (χ0v) is 24.2. The van der Waals surface area contributed by atoms with E-state index in [1.807, 2.05) is 0 Å². The number of benzene rings is 3. The lowest BCUT2D eigenvalue weighted by molar-refractivity contribution is -0.140. The van der Waals surface area contributed by atoms with Gasteiger partial charge in [0.2, 0.25) is 11.8 Å². The highest BCUT2D eigenvalue weighted by atomic mass is 35.5. The molecule has 2 amide bonds. The average Bonchev–Trinajstić information content (AvgIpc) is 2.89. The number of halogens is 3. The van der Waals surface area contributed by atoms with Gasteiger partial charge in [0.25, 0.3) is 10.0 Å². The van der Waals surface area contributed by atoms with E-state index in [4.69, 9.17) is 34.8 Å². The number of likely N-dealkylation sites (N-methyl/N-ethyl adjacent to an activating group) is 1. The van der Waals surface area contributed by atoms with Gasteiger partial charge in [-0.25, -0.2) is 8.42 Å². The predicted octanol–water partition coefficient (Wildman–Crippen LogP) is 5.70. The van der Waals surface area contributed by atoms with Crippen LogP contribution >= 0.6 is 34.8 Å². The molecule has 0 bridgehead atoms. The number of sulfonamides is 1. The van der Waals surface area contributed by atoms with Crippen LogP contribution in [0.4, 0.5) is 5.69 Å². The summed E-state index contributed by atoms with van der Waals surface area (Å²) in [6.07, 6.45) is 0.277. The molecule has 38 heavy (non-hydrogen) atoms. The largest absolute Gasteiger partial charge is 0.357 e. The Balaban J connectivity index is 2.12. The van der Waals surface area contributed by atoms with Gasteiger partial charge in [-0.05, 0) is 61.4 Å². The molecule has 1 N–H and O–H groups in total. The summed E-state index contributed by atoms with van der Waals surface area (Å²) in [5.41, 5.74) is 1.30. The molecule has 0 radical (unpaired) electrons. The fraction of sp³-hybridized carbons (Fsp3) is 0.259. The molecule has 0 aliphatic rings. The van der Waals surface area contributed by atoms with E-state index in [1.165, 1.54) is 24.1 Å². The highest BCUT2D eigenvalue weighted by Gasteiger charge is 2.34. The van der Waals surface area contributed by atoms with Crippen LogP contribution in [-0.4, -0.2) is 44.8 Å². The van der Waals surface area contributed by atoms with E-state index in [0.29, 0.717) is 26.2 Å². The summed E-state index contributed by atoms with van der Waals surface area (Å²) in [6.45, 7) is 2.80. The molecule has 0 heterocycles. The van der Waals surface area contributed by atoms with Crippen molar-refractivity contribution in [2.45, 2.75) is 37.8 Å². The number of carbonyl (C=O) groups is 2. The van der Waals surface area contributed by atoms with Gasteiger partial charge < -0.3 is 10.2 Å². The minimum Gasteiger partial charge on any atom is -0.357 e. The van der Waals surface area contributed by atoms with Crippen LogP contribution < -0.4 is 9.62 Å². The Hall–Kier alpha value is -2.78. The lowest BCUT2D eigenvalue weighted by Gasteiger charge is -2.33. The Bertz CT molecular complexity index is 1400. The molecule has 0 saturated heterocycles. The van der Waals surface area contributed by atoms with Crippen molar-refractivity contribution in [3.05, 3.63) is 92.9 Å². The van der Waals surface area contributed by atoms with Crippen molar-refractivity contribution in [3.8, 4) is 0 Å². The molecule has 1 atom stereocenters. The monoisotopic (exact) mass is 595 g/mol. The van der Waals surface area contributed by atoms with Crippen LogP contribution in [0.25, 0.3) is 0 Å². The van der Waals surface area contributed by atoms with Gasteiger partial charge in [-0.15, -0.1) is 0 Å². The second-order valence-electron chi connectivity index (χ2n) is 8.52. The van der Waals surface area contributed by atoms with E-state index in [0.717, 1.165) is 4.31 Å². The lowest BCUT2D eigenvalue weighted by atomic mass is 10.1. The summed E-state index contributed by atoms with van der Waals surface area (Å²) >= 11 is 18.9. The molecule has 0 aliphatic carbocycles. The van der Waals surface area contributed by atoms with Crippen LogP contribution in [0.5, 0.6) is 0 Å². The quantitative estimate of drug-likeness (QED) is 0.325. The van der Waals surface area contributed by atoms with Gasteiger partial charge in [0.05, 0.1) is 10.6 Å². The number of aryl methyl sites for hydroxylation is 1. The van der Waals surface area contributed by atoms with Crippen molar-refractivity contribution in [1.29, 1.82) is 0 Å². The molecule has 0 aliphatic heterocycles. The van der Waals surface area contributed by atoms with Gasteiger partial charge in [-0.2, -0.15) is 0 Å². The van der Waals surface area contributed by atoms with Gasteiger partial charge in [-0.3, -0.25) is 13.9 Å². The Morgan fingerprint density at radius 2 is 1.58 bits per heavy atom. The van der Waals surface area contributed by atoms with Crippen LogP contribution in [0.1, 0.15) is 24.5 Å². The van der Waals surface area contributed by atoms with E-state index in [2.05, 4.69) is 5.32 Å². The first kappa shape index (κ1) is 29.8. The van der Waals surface area contributed by atoms with E-state index in [9.17, 15) is 18.0 Å². The summed E-state index contributed by atoms with van der Waals surface area (Å²) in [5, 5.41) is 3.65. The van der Waals surface area contributed by atoms with Crippen molar-refractivity contribution >= 4 is 62.3 Å². The molecule has 0 spiro atoms. The predicted molar refractivity (Wildman–Crippen MR) is 152 cm³/mol. The van der Waals surface area contributed by atoms with Gasteiger partial charge in [0.1, 0.15) is 12.6 Å². The summed E-state index contributed by atoms with van der Waals surface area (Å²) in [6, 6.07) is 16.6. The molecule has 7 nitrogen and oxygen atoms in total. The van der Waals surface area contributed by atoms with Crippen molar-refractivity contribution in [2.75, 3.05) is 17.9 Å². The highest BCUT2D eigenvalue weighted by Crippen LogP contribution is 2.31. The molecule has 0 fully saturated rings. The van der Waals surface area contributed by atoms with Gasteiger partial charge in [-0.1, -0.05) is 66.0 Å². The number of hydrogen-bond acceptors (Lipinski definition) is 4. The summed E-state index contributed by atoms with van der Waals surface area (Å²) in [4.78, 5) is 28.1. The van der Waals surface area contributed by atoms with E-state index < -0.39 is 34.4 Å². The number of hydrogen-bond donors (Lipinski definition) is 1. The summed E-state index contributed by atoms with van der Waals surface area (Å²) in [7, 11) is -2.70. The maximum absolute atomic E-state index is 14.0. The zero-order chi connectivity index (χ0) is 28.0. The van der Waals surface area contributed by atoms with E-state index in [1.54, 1.807) is 68.4 Å². The zero-order valence-electron chi connectivity index (χ0n) is 21.1. The number of carbonyl (C=O) groups excluding carboxylic acids is 2. The molecule has 3 rings (SSSR count). The molecule has 3 aromatic rings. The second kappa shape index (κ2) is 12.8. The number of nitrogens with one attached hydrogen (secondary N) is 1. The normalized spacial score (nSPS) is 12.1. The Morgan fingerprint density at radius 3 is 2.13 bits per heavy atom. The van der Waals surface area contributed by atoms with Crippen LogP contribution in [0, 0.1) is 6.92 Å². The number of nitrogens with zero attached hydrogens (tertiary/aromatic N) is 2. The first-order valence-electron chi connectivity index (χ1n) is 11.8. The second-order valence-corrected chi connectivity index (χ2v) is 11.6. The average molecular weight is 597 g/mol. The molecule has 11 heteroatoms. The number of anilines is 1. The molecular weight excluding hydrogens is 569 g/mol. The molecule has 0 aromatic heterocycles.